The Morgan fingerprint density at radius 3 is 2.49 bits per heavy atom. The first kappa shape index (κ1) is 28.8. The molecule has 41 heavy (non-hydrogen) atoms. The van der Waals surface area contributed by atoms with Gasteiger partial charge in [-0.25, -0.2) is 4.79 Å². The number of aryl methyl sites for hydroxylation is 2. The number of rotatable bonds is 7. The predicted octanol–water partition coefficient (Wildman–Crippen LogP) is 2.08. The van der Waals surface area contributed by atoms with Crippen LogP contribution in [0.5, 0.6) is 0 Å². The Kier molecular flexibility index (Phi) is 8.72. The first-order chi connectivity index (χ1) is 19.8. The molecule has 11 nitrogen and oxygen atoms in total. The maximum atomic E-state index is 13.0. The quantitative estimate of drug-likeness (QED) is 0.403. The molecular formula is C30H39N5O6. The van der Waals surface area contributed by atoms with Crippen LogP contribution in [0.4, 0.5) is 0 Å². The molecule has 2 fully saturated rings. The molecule has 0 unspecified atom stereocenters. The fourth-order valence-corrected chi connectivity index (χ4v) is 6.01. The molecule has 1 aromatic carbocycles. The van der Waals surface area contributed by atoms with Gasteiger partial charge in [0, 0.05) is 71.4 Å². The molecule has 220 valence electrons. The van der Waals surface area contributed by atoms with Crippen molar-refractivity contribution in [3.63, 3.8) is 0 Å². The minimum atomic E-state index is -0.491. The van der Waals surface area contributed by atoms with E-state index in [2.05, 4.69) is 5.32 Å². The van der Waals surface area contributed by atoms with Gasteiger partial charge in [0.1, 0.15) is 0 Å². The molecule has 3 aliphatic heterocycles. The summed E-state index contributed by atoms with van der Waals surface area (Å²) in [7, 11) is 0. The average Bonchev–Trinajstić information content (AvgIpc) is 3.27. The van der Waals surface area contributed by atoms with Gasteiger partial charge in [-0.05, 0) is 49.3 Å². The van der Waals surface area contributed by atoms with Crippen molar-refractivity contribution in [3.8, 4) is 0 Å². The van der Waals surface area contributed by atoms with Crippen LogP contribution >= 0.6 is 0 Å². The summed E-state index contributed by atoms with van der Waals surface area (Å²) >= 11 is 0. The number of carbonyl (C=O) groups is 4. The van der Waals surface area contributed by atoms with Gasteiger partial charge in [-0.15, -0.1) is 0 Å². The number of nitrogens with zero attached hydrogens (tertiary/aromatic N) is 4. The number of nitrogens with one attached hydrogen (secondary N) is 1. The van der Waals surface area contributed by atoms with Gasteiger partial charge in [-0.1, -0.05) is 13.0 Å². The zero-order chi connectivity index (χ0) is 29.0. The second kappa shape index (κ2) is 12.4. The van der Waals surface area contributed by atoms with Gasteiger partial charge in [-0.3, -0.25) is 19.1 Å². The Morgan fingerprint density at radius 1 is 1.07 bits per heavy atom. The van der Waals surface area contributed by atoms with Gasteiger partial charge in [0.15, 0.2) is 0 Å². The van der Waals surface area contributed by atoms with Crippen molar-refractivity contribution in [2.45, 2.75) is 52.5 Å². The Balaban J connectivity index is 1.19. The highest BCUT2D eigenvalue weighted by atomic mass is 16.5. The summed E-state index contributed by atoms with van der Waals surface area (Å²) in [5.74, 6) is -0.715. The summed E-state index contributed by atoms with van der Waals surface area (Å²) in [4.78, 5) is 53.8. The minimum absolute atomic E-state index is 0.00400. The minimum Gasteiger partial charge on any atom is -0.462 e. The second-order valence-corrected chi connectivity index (χ2v) is 11.2. The summed E-state index contributed by atoms with van der Waals surface area (Å²) in [5.41, 5.74) is 3.15. The van der Waals surface area contributed by atoms with E-state index in [1.165, 1.54) is 6.92 Å². The van der Waals surface area contributed by atoms with Gasteiger partial charge in [0.05, 0.1) is 29.1 Å². The van der Waals surface area contributed by atoms with E-state index >= 15 is 0 Å². The maximum absolute atomic E-state index is 13.0. The van der Waals surface area contributed by atoms with Gasteiger partial charge in [0.2, 0.25) is 5.91 Å². The third-order valence-electron chi connectivity index (χ3n) is 8.52. The van der Waals surface area contributed by atoms with Crippen LogP contribution in [0.25, 0.3) is 0 Å². The van der Waals surface area contributed by atoms with E-state index in [0.717, 1.165) is 30.7 Å². The number of carbonyl (C=O) groups excluding carboxylic acids is 4. The normalized spacial score (nSPS) is 18.4. The zero-order valence-electron chi connectivity index (χ0n) is 23.9. The van der Waals surface area contributed by atoms with E-state index in [0.29, 0.717) is 82.0 Å². The number of esters is 1. The lowest BCUT2D eigenvalue weighted by Crippen LogP contribution is -2.50. The molecule has 11 heteroatoms. The lowest BCUT2D eigenvalue weighted by atomic mass is 9.76. The summed E-state index contributed by atoms with van der Waals surface area (Å²) in [6.45, 7) is 8.19. The molecule has 0 bridgehead atoms. The van der Waals surface area contributed by atoms with Crippen molar-refractivity contribution >= 4 is 23.7 Å². The Bertz CT molecular complexity index is 1310. The fourth-order valence-electron chi connectivity index (χ4n) is 6.01. The number of hydrogen-bond acceptors (Lipinski definition) is 7. The molecule has 1 spiro atoms. The number of hydrogen-bond donors (Lipinski definition) is 1. The molecule has 1 aromatic heterocycles. The molecule has 3 aliphatic rings. The van der Waals surface area contributed by atoms with Crippen LogP contribution < -0.4 is 5.32 Å². The fraction of sp³-hybridized carbons (Fsp3) is 0.567. The van der Waals surface area contributed by atoms with Gasteiger partial charge >= 0.3 is 5.97 Å². The van der Waals surface area contributed by atoms with Crippen LogP contribution in [-0.4, -0.2) is 95.8 Å². The number of fused-ring (bicyclic) bond motifs is 1. The Morgan fingerprint density at radius 2 is 1.78 bits per heavy atom. The summed E-state index contributed by atoms with van der Waals surface area (Å²) in [6, 6.07) is 6.57. The number of aromatic nitrogens is 2. The Labute approximate surface area is 240 Å². The molecule has 1 N–H and O–H groups in total. The Hall–Kier alpha value is -3.73. The molecule has 2 aromatic rings. The van der Waals surface area contributed by atoms with Gasteiger partial charge < -0.3 is 24.6 Å². The zero-order valence-corrected chi connectivity index (χ0v) is 23.9. The third-order valence-corrected chi connectivity index (χ3v) is 8.52. The smallest absolute Gasteiger partial charge is 0.338 e. The molecule has 0 radical (unpaired) electrons. The van der Waals surface area contributed by atoms with Crippen LogP contribution in [0.3, 0.4) is 0 Å². The summed E-state index contributed by atoms with van der Waals surface area (Å²) in [6.07, 6.45) is 3.76. The van der Waals surface area contributed by atoms with Crippen LogP contribution in [0.15, 0.2) is 24.3 Å². The second-order valence-electron chi connectivity index (χ2n) is 11.2. The molecule has 0 atom stereocenters. The number of benzene rings is 1. The van der Waals surface area contributed by atoms with Gasteiger partial charge in [-0.2, -0.15) is 5.10 Å². The third kappa shape index (κ3) is 6.29. The van der Waals surface area contributed by atoms with Crippen LogP contribution in [-0.2, 0) is 33.7 Å². The monoisotopic (exact) mass is 565 g/mol. The lowest BCUT2D eigenvalue weighted by Gasteiger charge is -2.36. The molecule has 4 heterocycles. The van der Waals surface area contributed by atoms with Crippen molar-refractivity contribution < 1.29 is 28.7 Å². The van der Waals surface area contributed by atoms with E-state index in [9.17, 15) is 19.2 Å². The van der Waals surface area contributed by atoms with E-state index in [-0.39, 0.29) is 29.7 Å². The van der Waals surface area contributed by atoms with Crippen LogP contribution in [0.2, 0.25) is 0 Å². The highest BCUT2D eigenvalue weighted by Gasteiger charge is 2.39. The van der Waals surface area contributed by atoms with Crippen molar-refractivity contribution in [1.82, 2.24) is 24.9 Å². The van der Waals surface area contributed by atoms with Crippen molar-refractivity contribution in [2.75, 3.05) is 52.5 Å². The summed E-state index contributed by atoms with van der Waals surface area (Å²) in [5, 5.41) is 7.89. The standard InChI is InChI=1S/C30H39N5O6/c1-3-24-26-25(19-30(20-31-27(26)37)8-16-40-17-9-30)35(32-24)10-5-15-41-29(39)23-7-4-6-22(18-23)28(38)34-13-11-33(12-14-34)21(2)36/h4,6-7,18H,3,5,8-17,19-20H2,1-2H3,(H,31,37). The van der Waals surface area contributed by atoms with E-state index in [1.54, 1.807) is 34.1 Å². The van der Waals surface area contributed by atoms with Crippen LogP contribution in [0, 0.1) is 5.41 Å². The highest BCUT2D eigenvalue weighted by Crippen LogP contribution is 2.37. The molecular weight excluding hydrogens is 526 g/mol. The lowest BCUT2D eigenvalue weighted by molar-refractivity contribution is -0.130. The number of amides is 3. The first-order valence-electron chi connectivity index (χ1n) is 14.6. The van der Waals surface area contributed by atoms with Crippen molar-refractivity contribution in [3.05, 3.63) is 52.3 Å². The highest BCUT2D eigenvalue weighted by molar-refractivity contribution is 5.98. The van der Waals surface area contributed by atoms with Crippen molar-refractivity contribution in [1.29, 1.82) is 0 Å². The van der Waals surface area contributed by atoms with Crippen molar-refractivity contribution in [2.24, 2.45) is 5.41 Å². The molecule has 3 amide bonds. The largest absolute Gasteiger partial charge is 0.462 e. The van der Waals surface area contributed by atoms with Crippen LogP contribution in [0.1, 0.15) is 75.6 Å². The molecule has 0 saturated carbocycles. The maximum Gasteiger partial charge on any atom is 0.338 e. The molecule has 0 aliphatic carbocycles. The van der Waals surface area contributed by atoms with E-state index in [1.807, 2.05) is 11.6 Å². The summed E-state index contributed by atoms with van der Waals surface area (Å²) < 4.78 is 13.1. The SMILES string of the molecule is CCc1nn(CCCOC(=O)c2cccc(C(=O)N3CCN(C(C)=O)CC3)c2)c2c1C(=O)NCC1(CCOCC1)C2. The molecule has 2 saturated heterocycles. The van der Waals surface area contributed by atoms with E-state index < -0.39 is 5.97 Å². The van der Waals surface area contributed by atoms with E-state index in [4.69, 9.17) is 14.6 Å². The first-order valence-corrected chi connectivity index (χ1v) is 14.6. The topological polar surface area (TPSA) is 123 Å². The molecule has 5 rings (SSSR count). The number of piperazine rings is 1. The number of ether oxygens (including phenoxy) is 2. The van der Waals surface area contributed by atoms with Gasteiger partial charge in [0.25, 0.3) is 11.8 Å². The average molecular weight is 566 g/mol. The predicted molar refractivity (Wildman–Crippen MR) is 150 cm³/mol.